The Kier molecular flexibility index (Phi) is 4.44. The van der Waals surface area contributed by atoms with Crippen LogP contribution < -0.4 is 0 Å². The van der Waals surface area contributed by atoms with Gasteiger partial charge in [-0.1, -0.05) is 26.0 Å². The zero-order valence-corrected chi connectivity index (χ0v) is 19.7. The Labute approximate surface area is 197 Å². The van der Waals surface area contributed by atoms with Gasteiger partial charge in [-0.3, -0.25) is 0 Å². The van der Waals surface area contributed by atoms with Gasteiger partial charge in [-0.2, -0.15) is 0 Å². The summed E-state index contributed by atoms with van der Waals surface area (Å²) < 4.78 is 11.7. The van der Waals surface area contributed by atoms with Crippen LogP contribution in [0, 0.1) is 0 Å². The number of phenols is 2. The first-order valence-electron chi connectivity index (χ1n) is 11.1. The van der Waals surface area contributed by atoms with E-state index >= 15 is 0 Å². The van der Waals surface area contributed by atoms with Gasteiger partial charge in [-0.15, -0.1) is 0 Å². The van der Waals surface area contributed by atoms with Crippen LogP contribution in [-0.2, 0) is 20.5 Å². The third kappa shape index (κ3) is 3.01. The lowest BCUT2D eigenvalue weighted by Crippen LogP contribution is -2.41. The van der Waals surface area contributed by atoms with Gasteiger partial charge in [0.1, 0.15) is 17.1 Å². The second-order valence-electron chi connectivity index (χ2n) is 10.4. The van der Waals surface area contributed by atoms with Crippen molar-refractivity contribution in [2.45, 2.75) is 51.2 Å². The largest absolute Gasteiger partial charge is 0.508 e. The third-order valence-corrected chi connectivity index (χ3v) is 6.61. The quantitative estimate of drug-likeness (QED) is 0.490. The molecule has 1 aliphatic heterocycles. The van der Waals surface area contributed by atoms with Crippen molar-refractivity contribution in [2.75, 3.05) is 0 Å². The highest BCUT2D eigenvalue weighted by Gasteiger charge is 2.55. The number of rotatable bonds is 1. The average molecular weight is 459 g/mol. The van der Waals surface area contributed by atoms with E-state index in [2.05, 4.69) is 0 Å². The molecule has 0 amide bonds. The maximum absolute atomic E-state index is 13.1. The number of phenolic OH excluding ortho intramolecular Hbond substituents is 2. The number of fused-ring (bicyclic) bond motifs is 6. The molecule has 5 rings (SSSR count). The van der Waals surface area contributed by atoms with Crippen LogP contribution in [0.2, 0.25) is 0 Å². The number of aromatic hydroxyl groups is 2. The zero-order chi connectivity index (χ0) is 24.6. The van der Waals surface area contributed by atoms with Gasteiger partial charge in [0.2, 0.25) is 0 Å². The van der Waals surface area contributed by atoms with Gasteiger partial charge in [-0.25, -0.2) is 9.59 Å². The highest BCUT2D eigenvalue weighted by molar-refractivity contribution is 5.99. The summed E-state index contributed by atoms with van der Waals surface area (Å²) in [7, 11) is 0. The topological polar surface area (TPSA) is 93.1 Å². The molecule has 6 heteroatoms. The molecule has 34 heavy (non-hydrogen) atoms. The van der Waals surface area contributed by atoms with Crippen LogP contribution in [0.5, 0.6) is 11.5 Å². The van der Waals surface area contributed by atoms with Gasteiger partial charge in [0, 0.05) is 22.1 Å². The van der Waals surface area contributed by atoms with Crippen molar-refractivity contribution in [3.63, 3.8) is 0 Å². The van der Waals surface area contributed by atoms with Crippen LogP contribution in [-0.4, -0.2) is 27.8 Å². The lowest BCUT2D eigenvalue weighted by Gasteiger charge is -2.44. The molecule has 0 saturated heterocycles. The van der Waals surface area contributed by atoms with Crippen molar-refractivity contribution in [1.82, 2.24) is 0 Å². The smallest absolute Gasteiger partial charge is 0.340 e. The lowest BCUT2D eigenvalue weighted by atomic mass is 9.61. The second-order valence-corrected chi connectivity index (χ2v) is 10.4. The molecule has 0 atom stereocenters. The molecule has 1 spiro atoms. The SMILES string of the molecule is CC(C)(C)OC(=O)c1ccc2c(c1)C1(OC2=O)c2ccc(O)cc2C(C)(C)c2cc(O)ccc21. The molecule has 0 radical (unpaired) electrons. The first kappa shape index (κ1) is 22.0. The molecular formula is C28H26O6. The highest BCUT2D eigenvalue weighted by Crippen LogP contribution is 2.57. The Morgan fingerprint density at radius 3 is 1.91 bits per heavy atom. The molecule has 174 valence electrons. The summed E-state index contributed by atoms with van der Waals surface area (Å²) in [5.74, 6) is -0.850. The van der Waals surface area contributed by atoms with E-state index in [1.54, 1.807) is 75.4 Å². The second kappa shape index (κ2) is 6.86. The molecule has 0 fully saturated rings. The summed E-state index contributed by atoms with van der Waals surface area (Å²) in [4.78, 5) is 26.0. The van der Waals surface area contributed by atoms with Crippen molar-refractivity contribution < 1.29 is 29.3 Å². The number of ether oxygens (including phenoxy) is 2. The first-order chi connectivity index (χ1) is 15.8. The Hall–Kier alpha value is -3.80. The fourth-order valence-corrected chi connectivity index (χ4v) is 5.13. The molecule has 6 nitrogen and oxygen atoms in total. The number of hydrogen-bond acceptors (Lipinski definition) is 6. The Balaban J connectivity index is 1.83. The summed E-state index contributed by atoms with van der Waals surface area (Å²) >= 11 is 0. The van der Waals surface area contributed by atoms with Gasteiger partial charge < -0.3 is 19.7 Å². The molecule has 0 bridgehead atoms. The minimum atomic E-state index is -1.34. The van der Waals surface area contributed by atoms with E-state index in [1.807, 2.05) is 13.8 Å². The molecule has 3 aromatic rings. The molecule has 0 unspecified atom stereocenters. The molecule has 2 aliphatic rings. The Morgan fingerprint density at radius 1 is 0.824 bits per heavy atom. The monoisotopic (exact) mass is 458 g/mol. The summed E-state index contributed by atoms with van der Waals surface area (Å²) in [6, 6.07) is 14.8. The van der Waals surface area contributed by atoms with Crippen molar-refractivity contribution in [2.24, 2.45) is 0 Å². The van der Waals surface area contributed by atoms with Crippen LogP contribution in [0.1, 0.15) is 83.2 Å². The number of benzene rings is 3. The number of carbonyl (C=O) groups is 2. The minimum Gasteiger partial charge on any atom is -0.508 e. The van der Waals surface area contributed by atoms with Gasteiger partial charge in [-0.05, 0) is 74.4 Å². The normalized spacial score (nSPS) is 16.9. The standard InChI is InChI=1S/C28H26O6/c1-26(2,3)33-24(31)15-6-9-18-21(12-15)28(34-25(18)32)19-10-7-16(29)13-22(19)27(4,5)23-14-17(30)8-11-20(23)28/h6-14,29-30H,1-5H3. The van der Waals surface area contributed by atoms with Crippen molar-refractivity contribution in [3.05, 3.63) is 93.5 Å². The Morgan fingerprint density at radius 2 is 1.38 bits per heavy atom. The minimum absolute atomic E-state index is 0.0811. The first-order valence-corrected chi connectivity index (χ1v) is 11.1. The van der Waals surface area contributed by atoms with Gasteiger partial charge >= 0.3 is 11.9 Å². The van der Waals surface area contributed by atoms with E-state index in [0.717, 1.165) is 11.1 Å². The Bertz CT molecular complexity index is 1320. The van der Waals surface area contributed by atoms with E-state index in [4.69, 9.17) is 9.47 Å². The maximum atomic E-state index is 13.1. The molecule has 1 aliphatic carbocycles. The van der Waals surface area contributed by atoms with E-state index in [9.17, 15) is 19.8 Å². The van der Waals surface area contributed by atoms with Gasteiger partial charge in [0.15, 0.2) is 5.60 Å². The zero-order valence-electron chi connectivity index (χ0n) is 19.7. The highest BCUT2D eigenvalue weighted by atomic mass is 16.6. The van der Waals surface area contributed by atoms with Crippen molar-refractivity contribution in [1.29, 1.82) is 0 Å². The number of esters is 2. The fourth-order valence-electron chi connectivity index (χ4n) is 5.13. The van der Waals surface area contributed by atoms with Crippen LogP contribution in [0.3, 0.4) is 0 Å². The molecular weight excluding hydrogens is 432 g/mol. The van der Waals surface area contributed by atoms with Crippen LogP contribution >= 0.6 is 0 Å². The predicted octanol–water partition coefficient (Wildman–Crippen LogP) is 5.15. The van der Waals surface area contributed by atoms with Gasteiger partial charge in [0.25, 0.3) is 0 Å². The third-order valence-electron chi connectivity index (χ3n) is 6.61. The molecule has 2 N–H and O–H groups in total. The number of carbonyl (C=O) groups excluding carboxylic acids is 2. The van der Waals surface area contributed by atoms with Crippen LogP contribution in [0.25, 0.3) is 0 Å². The summed E-state index contributed by atoms with van der Waals surface area (Å²) in [6.07, 6.45) is 0. The summed E-state index contributed by atoms with van der Waals surface area (Å²) in [6.45, 7) is 9.36. The van der Waals surface area contributed by atoms with E-state index in [-0.39, 0.29) is 11.5 Å². The van der Waals surface area contributed by atoms with Crippen molar-refractivity contribution in [3.8, 4) is 11.5 Å². The number of hydrogen-bond donors (Lipinski definition) is 2. The van der Waals surface area contributed by atoms with E-state index < -0.39 is 28.6 Å². The van der Waals surface area contributed by atoms with E-state index in [0.29, 0.717) is 27.8 Å². The molecule has 1 heterocycles. The van der Waals surface area contributed by atoms with Gasteiger partial charge in [0.05, 0.1) is 11.1 Å². The van der Waals surface area contributed by atoms with Crippen molar-refractivity contribution >= 4 is 11.9 Å². The molecule has 0 saturated carbocycles. The predicted molar refractivity (Wildman–Crippen MR) is 125 cm³/mol. The van der Waals surface area contributed by atoms with Crippen LogP contribution in [0.4, 0.5) is 0 Å². The summed E-state index contributed by atoms with van der Waals surface area (Å²) in [5.41, 5.74) is 1.46. The van der Waals surface area contributed by atoms with E-state index in [1.165, 1.54) is 0 Å². The van der Waals surface area contributed by atoms with Crippen LogP contribution in [0.15, 0.2) is 54.6 Å². The lowest BCUT2D eigenvalue weighted by molar-refractivity contribution is 0.00692. The summed E-state index contributed by atoms with van der Waals surface area (Å²) in [5, 5.41) is 20.6. The molecule has 0 aromatic heterocycles. The average Bonchev–Trinajstić information content (AvgIpc) is 3.04. The maximum Gasteiger partial charge on any atom is 0.340 e. The molecule has 3 aromatic carbocycles. The fraction of sp³-hybridized carbons (Fsp3) is 0.286.